The molecule has 0 bridgehead atoms. The Morgan fingerprint density at radius 3 is 2.80 bits per heavy atom. The van der Waals surface area contributed by atoms with Crippen LogP contribution in [0.15, 0.2) is 0 Å². The molecule has 1 aromatic rings. The van der Waals surface area contributed by atoms with Crippen LogP contribution in [0.4, 0.5) is 0 Å². The molecule has 15 heavy (non-hydrogen) atoms. The van der Waals surface area contributed by atoms with Gasteiger partial charge in [-0.3, -0.25) is 9.67 Å². The van der Waals surface area contributed by atoms with Crippen LogP contribution in [0.1, 0.15) is 38.6 Å². The van der Waals surface area contributed by atoms with E-state index >= 15 is 0 Å². The molecule has 86 valence electrons. The Morgan fingerprint density at radius 2 is 2.27 bits per heavy atom. The fraction of sp³-hybridized carbons (Fsp3) is 0.800. The maximum Gasteiger partial charge on any atom is 0.195 e. The molecule has 0 saturated heterocycles. The first-order valence-corrected chi connectivity index (χ1v) is 5.80. The molecule has 0 saturated carbocycles. The van der Waals surface area contributed by atoms with E-state index in [1.165, 1.54) is 0 Å². The molecule has 4 nitrogen and oxygen atoms in total. The van der Waals surface area contributed by atoms with E-state index in [4.69, 9.17) is 17.0 Å². The Kier molecular flexibility index (Phi) is 4.98. The molecule has 0 aromatic carbocycles. The summed E-state index contributed by atoms with van der Waals surface area (Å²) < 4.78 is 8.01. The van der Waals surface area contributed by atoms with Crippen LogP contribution < -0.4 is 0 Å². The number of nitrogens with zero attached hydrogens (tertiary/aromatic N) is 2. The zero-order chi connectivity index (χ0) is 11.3. The number of ether oxygens (including phenoxy) is 1. The average Bonchev–Trinajstić information content (AvgIpc) is 2.59. The lowest BCUT2D eigenvalue weighted by molar-refractivity contribution is 0.148. The number of hydrogen-bond acceptors (Lipinski definition) is 3. The first kappa shape index (κ1) is 12.4. The van der Waals surface area contributed by atoms with Crippen LogP contribution in [0.25, 0.3) is 0 Å². The fourth-order valence-electron chi connectivity index (χ4n) is 1.78. The van der Waals surface area contributed by atoms with Gasteiger partial charge in [-0.15, -0.1) is 0 Å². The molecule has 1 N–H and O–H groups in total. The molecule has 0 fully saturated rings. The summed E-state index contributed by atoms with van der Waals surface area (Å²) in [6.45, 7) is 4.93. The van der Waals surface area contributed by atoms with Gasteiger partial charge in [-0.25, -0.2) is 0 Å². The maximum absolute atomic E-state index is 5.23. The number of aryl methyl sites for hydroxylation is 1. The fourth-order valence-corrected chi connectivity index (χ4v) is 2.08. The predicted molar refractivity (Wildman–Crippen MR) is 62.6 cm³/mol. The molecule has 1 rings (SSSR count). The Balaban J connectivity index is 2.97. The lowest BCUT2D eigenvalue weighted by Gasteiger charge is -2.18. The molecule has 0 aliphatic carbocycles. The van der Waals surface area contributed by atoms with Crippen LogP contribution in [-0.2, 0) is 11.2 Å². The normalized spacial score (nSPS) is 13.0. The van der Waals surface area contributed by atoms with Crippen LogP contribution >= 0.6 is 12.2 Å². The van der Waals surface area contributed by atoms with E-state index < -0.39 is 0 Å². The van der Waals surface area contributed by atoms with Crippen LogP contribution in [0.5, 0.6) is 0 Å². The highest BCUT2D eigenvalue weighted by atomic mass is 32.1. The topological polar surface area (TPSA) is 42.8 Å². The molecule has 1 aromatic heterocycles. The smallest absolute Gasteiger partial charge is 0.195 e. The number of aromatic nitrogens is 3. The molecular formula is C10H19N3OS. The van der Waals surface area contributed by atoms with Crippen molar-refractivity contribution in [1.82, 2.24) is 14.8 Å². The van der Waals surface area contributed by atoms with Gasteiger partial charge in [-0.2, -0.15) is 5.10 Å². The van der Waals surface area contributed by atoms with Gasteiger partial charge in [0.25, 0.3) is 0 Å². The van der Waals surface area contributed by atoms with E-state index in [2.05, 4.69) is 28.6 Å². The van der Waals surface area contributed by atoms with Gasteiger partial charge in [0.05, 0.1) is 12.6 Å². The molecule has 0 amide bonds. The van der Waals surface area contributed by atoms with Crippen molar-refractivity contribution in [2.75, 3.05) is 13.7 Å². The van der Waals surface area contributed by atoms with Gasteiger partial charge in [0.1, 0.15) is 5.82 Å². The van der Waals surface area contributed by atoms with Crippen molar-refractivity contribution in [1.29, 1.82) is 0 Å². The third-order valence-corrected chi connectivity index (χ3v) is 2.73. The zero-order valence-corrected chi connectivity index (χ0v) is 10.4. The van der Waals surface area contributed by atoms with E-state index in [0.29, 0.717) is 17.4 Å². The number of H-pyrrole nitrogens is 1. The molecule has 0 aliphatic rings. The zero-order valence-electron chi connectivity index (χ0n) is 9.62. The summed E-state index contributed by atoms with van der Waals surface area (Å²) in [6.07, 6.45) is 3.07. The maximum atomic E-state index is 5.23. The van der Waals surface area contributed by atoms with E-state index in [0.717, 1.165) is 25.1 Å². The van der Waals surface area contributed by atoms with Crippen molar-refractivity contribution >= 4 is 12.2 Å². The molecule has 1 atom stereocenters. The van der Waals surface area contributed by atoms with Gasteiger partial charge >= 0.3 is 0 Å². The summed E-state index contributed by atoms with van der Waals surface area (Å²) in [7, 11) is 1.72. The summed E-state index contributed by atoms with van der Waals surface area (Å²) in [5.74, 6) is 1.01. The second-order valence-corrected chi connectivity index (χ2v) is 3.95. The van der Waals surface area contributed by atoms with Crippen LogP contribution in [-0.4, -0.2) is 28.5 Å². The Labute approximate surface area is 95.7 Å². The van der Waals surface area contributed by atoms with Gasteiger partial charge in [-0.05, 0) is 18.6 Å². The second kappa shape index (κ2) is 6.02. The Morgan fingerprint density at radius 1 is 1.53 bits per heavy atom. The summed E-state index contributed by atoms with van der Waals surface area (Å²) >= 11 is 5.23. The summed E-state index contributed by atoms with van der Waals surface area (Å²) in [5.41, 5.74) is 0. The van der Waals surface area contributed by atoms with E-state index in [1.807, 2.05) is 0 Å². The van der Waals surface area contributed by atoms with Crippen molar-refractivity contribution < 1.29 is 4.74 Å². The van der Waals surface area contributed by atoms with Crippen molar-refractivity contribution in [2.45, 2.75) is 39.2 Å². The standard InChI is InChI=1S/C10H19N3OS/c1-4-6-8(7-14-3)13-9(5-2)11-12-10(13)15/h8H,4-7H2,1-3H3,(H,12,15). The molecule has 0 radical (unpaired) electrons. The minimum absolute atomic E-state index is 0.307. The lowest BCUT2D eigenvalue weighted by Crippen LogP contribution is -2.17. The average molecular weight is 229 g/mol. The summed E-state index contributed by atoms with van der Waals surface area (Å²) in [5, 5.41) is 7.06. The number of nitrogens with one attached hydrogen (secondary N) is 1. The van der Waals surface area contributed by atoms with Crippen molar-refractivity contribution in [3.63, 3.8) is 0 Å². The molecule has 1 unspecified atom stereocenters. The molecule has 5 heteroatoms. The van der Waals surface area contributed by atoms with Gasteiger partial charge in [0.15, 0.2) is 4.77 Å². The number of aromatic amines is 1. The van der Waals surface area contributed by atoms with Gasteiger partial charge in [0.2, 0.25) is 0 Å². The lowest BCUT2D eigenvalue weighted by atomic mass is 10.2. The van der Waals surface area contributed by atoms with Crippen LogP contribution in [0.2, 0.25) is 0 Å². The van der Waals surface area contributed by atoms with Crippen LogP contribution in [0, 0.1) is 4.77 Å². The van der Waals surface area contributed by atoms with Crippen LogP contribution in [0.3, 0.4) is 0 Å². The summed E-state index contributed by atoms with van der Waals surface area (Å²) in [4.78, 5) is 0. The van der Waals surface area contributed by atoms with Crippen molar-refractivity contribution in [3.05, 3.63) is 10.6 Å². The first-order valence-electron chi connectivity index (χ1n) is 5.39. The monoisotopic (exact) mass is 229 g/mol. The van der Waals surface area contributed by atoms with Gasteiger partial charge in [-0.1, -0.05) is 20.3 Å². The van der Waals surface area contributed by atoms with E-state index in [1.54, 1.807) is 7.11 Å². The van der Waals surface area contributed by atoms with Crippen molar-refractivity contribution in [2.24, 2.45) is 0 Å². The number of rotatable bonds is 6. The molecule has 0 spiro atoms. The SMILES string of the molecule is CCCC(COC)n1c(CC)n[nH]c1=S. The molecule has 1 heterocycles. The molecule has 0 aliphatic heterocycles. The quantitative estimate of drug-likeness (QED) is 0.762. The second-order valence-electron chi connectivity index (χ2n) is 3.57. The predicted octanol–water partition coefficient (Wildman–Crippen LogP) is 2.49. The minimum Gasteiger partial charge on any atom is -0.383 e. The third kappa shape index (κ3) is 2.89. The highest BCUT2D eigenvalue weighted by Gasteiger charge is 2.14. The first-order chi connectivity index (χ1) is 7.24. The Hall–Kier alpha value is -0.680. The third-order valence-electron chi connectivity index (χ3n) is 2.44. The molecular weight excluding hydrogens is 210 g/mol. The van der Waals surface area contributed by atoms with Gasteiger partial charge in [0, 0.05) is 13.5 Å². The highest BCUT2D eigenvalue weighted by Crippen LogP contribution is 2.16. The van der Waals surface area contributed by atoms with E-state index in [9.17, 15) is 0 Å². The minimum atomic E-state index is 0.307. The largest absolute Gasteiger partial charge is 0.383 e. The van der Waals surface area contributed by atoms with Gasteiger partial charge < -0.3 is 4.74 Å². The summed E-state index contributed by atoms with van der Waals surface area (Å²) in [6, 6.07) is 0.307. The van der Waals surface area contributed by atoms with E-state index in [-0.39, 0.29) is 0 Å². The Bertz CT molecular complexity index is 339. The van der Waals surface area contributed by atoms with Crippen molar-refractivity contribution in [3.8, 4) is 0 Å². The highest BCUT2D eigenvalue weighted by molar-refractivity contribution is 7.71. The number of hydrogen-bond donors (Lipinski definition) is 1. The number of methoxy groups -OCH3 is 1.